The van der Waals surface area contributed by atoms with E-state index in [1.165, 1.54) is 19.2 Å². The van der Waals surface area contributed by atoms with E-state index in [2.05, 4.69) is 35.5 Å². The van der Waals surface area contributed by atoms with Gasteiger partial charge in [-0.2, -0.15) is 8.42 Å². The summed E-state index contributed by atoms with van der Waals surface area (Å²) in [6.07, 6.45) is 3.60. The highest BCUT2D eigenvalue weighted by Crippen LogP contribution is 2.39. The van der Waals surface area contributed by atoms with Gasteiger partial charge in [-0.3, -0.25) is 19.2 Å². The van der Waals surface area contributed by atoms with Gasteiger partial charge < -0.3 is 29.6 Å². The van der Waals surface area contributed by atoms with Crippen LogP contribution in [0.3, 0.4) is 0 Å². The molecule has 1 saturated heterocycles. The van der Waals surface area contributed by atoms with E-state index >= 15 is 0 Å². The third-order valence-electron chi connectivity index (χ3n) is 9.58. The number of anilines is 4. The molecule has 0 aliphatic carbocycles. The van der Waals surface area contributed by atoms with Crippen LogP contribution in [0.2, 0.25) is 0 Å². The van der Waals surface area contributed by atoms with Crippen LogP contribution in [0, 0.1) is 6.92 Å². The molecule has 2 amide bonds. The topological polar surface area (TPSA) is 207 Å². The van der Waals surface area contributed by atoms with E-state index in [-0.39, 0.29) is 34.1 Å². The van der Waals surface area contributed by atoms with Crippen LogP contribution in [0.15, 0.2) is 72.9 Å². The normalized spacial score (nSPS) is 13.7. The molecule has 4 aromatic carbocycles. The van der Waals surface area contributed by atoms with Gasteiger partial charge in [-0.25, -0.2) is 18.4 Å². The number of benzene rings is 4. The molecule has 1 aliphatic heterocycles. The molecule has 1 fully saturated rings. The second kappa shape index (κ2) is 17.8. The Bertz CT molecular complexity index is 2660. The molecule has 0 unspecified atom stereocenters. The fourth-order valence-electron chi connectivity index (χ4n) is 6.59. The van der Waals surface area contributed by atoms with Crippen LogP contribution in [0.1, 0.15) is 52.6 Å². The maximum Gasteiger partial charge on any atom is 0.306 e. The number of fused-ring (bicyclic) bond motifs is 1. The quantitative estimate of drug-likeness (QED) is 0.0994. The number of sulfonamides is 1. The van der Waals surface area contributed by atoms with Gasteiger partial charge in [0, 0.05) is 60.6 Å². The summed E-state index contributed by atoms with van der Waals surface area (Å²) in [4.78, 5) is 38.3. The van der Waals surface area contributed by atoms with E-state index in [1.54, 1.807) is 36.5 Å². The highest BCUT2D eigenvalue weighted by molar-refractivity contribution is 7.92. The average Bonchev–Trinajstić information content (AvgIpc) is 3.16. The molecule has 2 heterocycles. The smallest absolute Gasteiger partial charge is 0.306 e. The lowest BCUT2D eigenvalue weighted by atomic mass is 9.86. The van der Waals surface area contributed by atoms with Crippen LogP contribution in [-0.4, -0.2) is 103 Å². The molecular formula is C42H49N7O9S2. The summed E-state index contributed by atoms with van der Waals surface area (Å²) in [5.41, 5.74) is 4.91. The number of carbonyl (C=O) groups is 2. The minimum absolute atomic E-state index is 0.0520. The second-order valence-corrected chi connectivity index (χ2v) is 18.9. The summed E-state index contributed by atoms with van der Waals surface area (Å²) in [7, 11) is -6.15. The van der Waals surface area contributed by atoms with Gasteiger partial charge in [0.2, 0.25) is 16.0 Å². The van der Waals surface area contributed by atoms with Crippen LogP contribution in [0.25, 0.3) is 22.0 Å². The number of hydrogen-bond acceptors (Lipinski definition) is 13. The van der Waals surface area contributed by atoms with Gasteiger partial charge >= 0.3 is 10.1 Å². The van der Waals surface area contributed by atoms with E-state index in [4.69, 9.17) is 13.7 Å². The molecule has 6 rings (SSSR count). The predicted octanol–water partition coefficient (Wildman–Crippen LogP) is 5.68. The fourth-order valence-corrected chi connectivity index (χ4v) is 7.59. The molecule has 1 aliphatic rings. The van der Waals surface area contributed by atoms with E-state index < -0.39 is 32.0 Å². The molecule has 0 radical (unpaired) electrons. The van der Waals surface area contributed by atoms with Crippen molar-refractivity contribution in [3.05, 3.63) is 95.2 Å². The van der Waals surface area contributed by atoms with Gasteiger partial charge in [-0.05, 0) is 83.1 Å². The number of aromatic nitrogens is 2. The second-order valence-electron chi connectivity index (χ2n) is 15.5. The van der Waals surface area contributed by atoms with Gasteiger partial charge in [0.05, 0.1) is 49.7 Å². The zero-order valence-electron chi connectivity index (χ0n) is 34.5. The molecule has 16 nitrogen and oxygen atoms in total. The number of hydrogen-bond donors (Lipinski definition) is 4. The maximum absolute atomic E-state index is 13.8. The van der Waals surface area contributed by atoms with Crippen molar-refractivity contribution >= 4 is 65.9 Å². The maximum atomic E-state index is 13.8. The molecule has 4 N–H and O–H groups in total. The first-order valence-electron chi connectivity index (χ1n) is 19.0. The third kappa shape index (κ3) is 11.5. The van der Waals surface area contributed by atoms with Gasteiger partial charge in [-0.15, -0.1) is 0 Å². The summed E-state index contributed by atoms with van der Waals surface area (Å²) in [5.74, 6) is -0.511. The monoisotopic (exact) mass is 859 g/mol. The Morgan fingerprint density at radius 3 is 2.30 bits per heavy atom. The fraction of sp³-hybridized carbons (Fsp3) is 0.333. The highest BCUT2D eigenvalue weighted by atomic mass is 32.2. The van der Waals surface area contributed by atoms with E-state index in [9.17, 15) is 26.4 Å². The molecule has 60 heavy (non-hydrogen) atoms. The number of nitrogens with one attached hydrogen (secondary N) is 4. The predicted molar refractivity (Wildman–Crippen MR) is 233 cm³/mol. The minimum Gasteiger partial charge on any atom is -0.492 e. The van der Waals surface area contributed by atoms with Crippen molar-refractivity contribution in [3.8, 4) is 22.6 Å². The van der Waals surface area contributed by atoms with Crippen molar-refractivity contribution in [3.63, 3.8) is 0 Å². The highest BCUT2D eigenvalue weighted by Gasteiger charge is 2.23. The average molecular weight is 860 g/mol. The van der Waals surface area contributed by atoms with Crippen LogP contribution < -0.4 is 29.6 Å². The van der Waals surface area contributed by atoms with Crippen molar-refractivity contribution in [1.29, 1.82) is 0 Å². The Morgan fingerprint density at radius 1 is 0.883 bits per heavy atom. The van der Waals surface area contributed by atoms with Gasteiger partial charge in [0.1, 0.15) is 5.75 Å². The first-order valence-corrected chi connectivity index (χ1v) is 22.7. The number of carbonyl (C=O) groups excluding carboxylic acids is 2. The molecule has 0 spiro atoms. The van der Waals surface area contributed by atoms with Gasteiger partial charge in [0.25, 0.3) is 11.8 Å². The van der Waals surface area contributed by atoms with Crippen molar-refractivity contribution in [2.24, 2.45) is 0 Å². The number of aryl methyl sites for hydroxylation is 1. The Balaban J connectivity index is 1.23. The van der Waals surface area contributed by atoms with Crippen molar-refractivity contribution in [2.75, 3.05) is 74.4 Å². The molecule has 5 aromatic rings. The first kappa shape index (κ1) is 43.8. The Kier molecular flexibility index (Phi) is 13.0. The SMILES string of the molecule is COc1c(NC(=O)c2ccc(C)c(-c3ccc4nc(Nc5cc(OS(C)(=O)=O)cc(C(=O)NCCN6CCOCC6)c5)ncc4c3)c2)cc(C(C)(C)C)cc1NS(C)(=O)=O. The van der Waals surface area contributed by atoms with Gasteiger partial charge in [-0.1, -0.05) is 32.9 Å². The zero-order valence-corrected chi connectivity index (χ0v) is 36.1. The van der Waals surface area contributed by atoms with E-state index in [0.717, 1.165) is 47.9 Å². The van der Waals surface area contributed by atoms with Crippen LogP contribution in [-0.2, 0) is 30.3 Å². The molecule has 0 bridgehead atoms. The Labute approximate surface area is 350 Å². The standard InChI is InChI=1S/C42H49N7O9S2/c1-26-8-9-28(40(51)46-36-22-31(42(2,3)4)23-37(38(36)56-5)48-59(6,52)53)21-34(26)27-10-11-35-30(18-27)25-44-41(47-35)45-32-19-29(20-33(24-32)58-60(7,54)55)39(50)43-12-13-49-14-16-57-17-15-49/h8-11,18-25,48H,12-17H2,1-7H3,(H,43,50)(H,46,51)(H,44,45,47). The lowest BCUT2D eigenvalue weighted by Crippen LogP contribution is -2.41. The molecule has 0 atom stereocenters. The first-order chi connectivity index (χ1) is 28.2. The lowest BCUT2D eigenvalue weighted by Gasteiger charge is -2.26. The van der Waals surface area contributed by atoms with E-state index in [1.807, 2.05) is 52.0 Å². The summed E-state index contributed by atoms with van der Waals surface area (Å²) < 4.78 is 67.0. The van der Waals surface area contributed by atoms with Crippen LogP contribution >= 0.6 is 0 Å². The zero-order chi connectivity index (χ0) is 43.4. The number of rotatable bonds is 14. The van der Waals surface area contributed by atoms with Crippen molar-refractivity contribution < 1.29 is 40.1 Å². The largest absolute Gasteiger partial charge is 0.492 e. The van der Waals surface area contributed by atoms with Crippen LogP contribution in [0.5, 0.6) is 11.5 Å². The number of nitrogens with zero attached hydrogens (tertiary/aromatic N) is 3. The molecular weight excluding hydrogens is 811 g/mol. The van der Waals surface area contributed by atoms with Crippen LogP contribution in [0.4, 0.5) is 23.0 Å². The summed E-state index contributed by atoms with van der Waals surface area (Å²) >= 11 is 0. The number of methoxy groups -OCH3 is 1. The van der Waals surface area contributed by atoms with Crippen molar-refractivity contribution in [1.82, 2.24) is 20.2 Å². The van der Waals surface area contributed by atoms with Gasteiger partial charge in [0.15, 0.2) is 5.75 Å². The number of amides is 2. The third-order valence-corrected chi connectivity index (χ3v) is 10.7. The molecule has 318 valence electrons. The summed E-state index contributed by atoms with van der Waals surface area (Å²) in [6, 6.07) is 18.8. The Hall–Kier alpha value is -5.82. The lowest BCUT2D eigenvalue weighted by molar-refractivity contribution is 0.0383. The van der Waals surface area contributed by atoms with E-state index in [0.29, 0.717) is 54.1 Å². The summed E-state index contributed by atoms with van der Waals surface area (Å²) in [5, 5.41) is 9.58. The molecule has 1 aromatic heterocycles. The molecule has 0 saturated carbocycles. The Morgan fingerprint density at radius 2 is 1.62 bits per heavy atom. The van der Waals surface area contributed by atoms with Crippen molar-refractivity contribution in [2.45, 2.75) is 33.1 Å². The number of morpholine rings is 1. The minimum atomic E-state index is -3.90. The molecule has 18 heteroatoms. The summed E-state index contributed by atoms with van der Waals surface area (Å²) in [6.45, 7) is 11.8. The number of ether oxygens (including phenoxy) is 2.